The fraction of sp³-hybridized carbons (Fsp3) is 1.00. The molecule has 0 spiro atoms. The van der Waals surface area contributed by atoms with Crippen LogP contribution in [0.1, 0.15) is 20.8 Å². The number of halogens is 1. The molecule has 0 aromatic heterocycles. The van der Waals surface area contributed by atoms with E-state index in [4.69, 9.17) is 5.11 Å². The standard InChI is InChI=1S/C9H20BrNO/c1-8(2)11(4-5-12)7-9(3)6-10/h8-9,12H,4-7H2,1-3H3. The van der Waals surface area contributed by atoms with Gasteiger partial charge in [-0.15, -0.1) is 0 Å². The largest absolute Gasteiger partial charge is 0.395 e. The predicted molar refractivity (Wildman–Crippen MR) is 56.8 cm³/mol. The fourth-order valence-electron chi connectivity index (χ4n) is 1.14. The van der Waals surface area contributed by atoms with E-state index in [9.17, 15) is 0 Å². The molecule has 0 aromatic rings. The monoisotopic (exact) mass is 237 g/mol. The van der Waals surface area contributed by atoms with Crippen molar-refractivity contribution in [1.82, 2.24) is 4.90 Å². The van der Waals surface area contributed by atoms with Gasteiger partial charge in [0.25, 0.3) is 0 Å². The van der Waals surface area contributed by atoms with Gasteiger partial charge in [-0.1, -0.05) is 22.9 Å². The normalized spacial score (nSPS) is 14.2. The van der Waals surface area contributed by atoms with Gasteiger partial charge >= 0.3 is 0 Å². The highest BCUT2D eigenvalue weighted by molar-refractivity contribution is 9.09. The van der Waals surface area contributed by atoms with Gasteiger partial charge in [0, 0.05) is 24.5 Å². The first-order valence-corrected chi connectivity index (χ1v) is 5.64. The molecular formula is C9H20BrNO. The first-order chi connectivity index (χ1) is 5.61. The van der Waals surface area contributed by atoms with Gasteiger partial charge in [0.05, 0.1) is 6.61 Å². The highest BCUT2D eigenvalue weighted by Gasteiger charge is 2.11. The van der Waals surface area contributed by atoms with Crippen LogP contribution in [-0.4, -0.2) is 41.1 Å². The van der Waals surface area contributed by atoms with Crippen molar-refractivity contribution in [3.63, 3.8) is 0 Å². The van der Waals surface area contributed by atoms with Crippen molar-refractivity contribution in [2.45, 2.75) is 26.8 Å². The van der Waals surface area contributed by atoms with Gasteiger partial charge in [-0.2, -0.15) is 0 Å². The minimum atomic E-state index is 0.257. The lowest BCUT2D eigenvalue weighted by Crippen LogP contribution is -2.37. The predicted octanol–water partition coefficient (Wildman–Crippen LogP) is 1.72. The van der Waals surface area contributed by atoms with Gasteiger partial charge in [-0.3, -0.25) is 4.90 Å². The third kappa shape index (κ3) is 5.12. The molecule has 0 fully saturated rings. The Morgan fingerprint density at radius 2 is 1.92 bits per heavy atom. The fourth-order valence-corrected chi connectivity index (χ4v) is 1.34. The summed E-state index contributed by atoms with van der Waals surface area (Å²) in [4.78, 5) is 2.30. The Bertz CT molecular complexity index is 109. The van der Waals surface area contributed by atoms with E-state index in [-0.39, 0.29) is 6.61 Å². The molecule has 0 aromatic carbocycles. The Labute approximate surface area is 84.1 Å². The van der Waals surface area contributed by atoms with E-state index >= 15 is 0 Å². The van der Waals surface area contributed by atoms with Gasteiger partial charge < -0.3 is 5.11 Å². The Kier molecular flexibility index (Phi) is 7.10. The van der Waals surface area contributed by atoms with E-state index in [0.29, 0.717) is 12.0 Å². The molecule has 0 rings (SSSR count). The van der Waals surface area contributed by atoms with E-state index in [1.807, 2.05) is 0 Å². The SMILES string of the molecule is CC(CBr)CN(CCO)C(C)C. The number of hydrogen-bond acceptors (Lipinski definition) is 2. The molecule has 1 unspecified atom stereocenters. The molecule has 0 aliphatic carbocycles. The molecule has 0 amide bonds. The Hall–Kier alpha value is 0.400. The van der Waals surface area contributed by atoms with Crippen LogP contribution in [0.2, 0.25) is 0 Å². The second-order valence-corrected chi connectivity index (χ2v) is 4.22. The van der Waals surface area contributed by atoms with Crippen LogP contribution < -0.4 is 0 Å². The second-order valence-electron chi connectivity index (χ2n) is 3.57. The summed E-state index contributed by atoms with van der Waals surface area (Å²) in [5.41, 5.74) is 0. The number of rotatable bonds is 6. The van der Waals surface area contributed by atoms with Crippen LogP contribution in [0.5, 0.6) is 0 Å². The molecule has 0 radical (unpaired) electrons. The van der Waals surface area contributed by atoms with Crippen molar-refractivity contribution < 1.29 is 5.11 Å². The number of aliphatic hydroxyl groups is 1. The lowest BCUT2D eigenvalue weighted by Gasteiger charge is -2.27. The maximum absolute atomic E-state index is 8.82. The molecule has 74 valence electrons. The molecule has 0 saturated heterocycles. The third-order valence-corrected chi connectivity index (χ3v) is 3.03. The molecule has 0 aliphatic heterocycles. The van der Waals surface area contributed by atoms with Crippen LogP contribution in [0.3, 0.4) is 0 Å². The van der Waals surface area contributed by atoms with Crippen molar-refractivity contribution in [1.29, 1.82) is 0 Å². The maximum Gasteiger partial charge on any atom is 0.0558 e. The van der Waals surface area contributed by atoms with E-state index in [2.05, 4.69) is 41.6 Å². The van der Waals surface area contributed by atoms with E-state index in [1.165, 1.54) is 0 Å². The number of alkyl halides is 1. The Morgan fingerprint density at radius 1 is 1.33 bits per heavy atom. The summed E-state index contributed by atoms with van der Waals surface area (Å²) in [6.07, 6.45) is 0. The summed E-state index contributed by atoms with van der Waals surface area (Å²) < 4.78 is 0. The first kappa shape index (κ1) is 12.4. The van der Waals surface area contributed by atoms with Crippen LogP contribution in [0.15, 0.2) is 0 Å². The summed E-state index contributed by atoms with van der Waals surface area (Å²) in [5.74, 6) is 0.652. The first-order valence-electron chi connectivity index (χ1n) is 4.52. The second kappa shape index (κ2) is 6.87. The van der Waals surface area contributed by atoms with Gasteiger partial charge in [-0.05, 0) is 19.8 Å². The summed E-state index contributed by atoms with van der Waals surface area (Å²) in [6.45, 7) is 8.64. The lowest BCUT2D eigenvalue weighted by molar-refractivity contribution is 0.152. The number of nitrogens with zero attached hydrogens (tertiary/aromatic N) is 1. The minimum absolute atomic E-state index is 0.257. The quantitative estimate of drug-likeness (QED) is 0.712. The van der Waals surface area contributed by atoms with E-state index in [0.717, 1.165) is 18.4 Å². The zero-order valence-corrected chi connectivity index (χ0v) is 9.84. The van der Waals surface area contributed by atoms with Crippen molar-refractivity contribution in [2.24, 2.45) is 5.92 Å². The third-order valence-electron chi connectivity index (χ3n) is 1.93. The van der Waals surface area contributed by atoms with Crippen LogP contribution in [-0.2, 0) is 0 Å². The molecule has 1 atom stereocenters. The molecule has 0 saturated carbocycles. The summed E-state index contributed by atoms with van der Waals surface area (Å²) in [5, 5.41) is 9.85. The van der Waals surface area contributed by atoms with Gasteiger partial charge in [-0.25, -0.2) is 0 Å². The summed E-state index contributed by atoms with van der Waals surface area (Å²) in [7, 11) is 0. The Morgan fingerprint density at radius 3 is 2.25 bits per heavy atom. The van der Waals surface area contributed by atoms with Crippen LogP contribution in [0.25, 0.3) is 0 Å². The van der Waals surface area contributed by atoms with Crippen LogP contribution in [0, 0.1) is 5.92 Å². The van der Waals surface area contributed by atoms with Crippen molar-refractivity contribution in [3.8, 4) is 0 Å². The van der Waals surface area contributed by atoms with Crippen LogP contribution in [0.4, 0.5) is 0 Å². The smallest absolute Gasteiger partial charge is 0.0558 e. The van der Waals surface area contributed by atoms with E-state index in [1.54, 1.807) is 0 Å². The number of hydrogen-bond donors (Lipinski definition) is 1. The molecule has 0 heterocycles. The molecule has 1 N–H and O–H groups in total. The highest BCUT2D eigenvalue weighted by atomic mass is 79.9. The van der Waals surface area contributed by atoms with Crippen molar-refractivity contribution in [2.75, 3.05) is 25.0 Å². The topological polar surface area (TPSA) is 23.5 Å². The average Bonchev–Trinajstić information content (AvgIpc) is 2.03. The molecule has 3 heteroatoms. The van der Waals surface area contributed by atoms with Gasteiger partial charge in [0.1, 0.15) is 0 Å². The van der Waals surface area contributed by atoms with Crippen LogP contribution >= 0.6 is 15.9 Å². The molecule has 12 heavy (non-hydrogen) atoms. The Balaban J connectivity index is 3.77. The summed E-state index contributed by atoms with van der Waals surface area (Å²) >= 11 is 3.45. The van der Waals surface area contributed by atoms with Gasteiger partial charge in [0.15, 0.2) is 0 Å². The molecular weight excluding hydrogens is 218 g/mol. The van der Waals surface area contributed by atoms with Crippen molar-refractivity contribution >= 4 is 15.9 Å². The number of aliphatic hydroxyl groups excluding tert-OH is 1. The zero-order valence-electron chi connectivity index (χ0n) is 8.26. The minimum Gasteiger partial charge on any atom is -0.395 e. The van der Waals surface area contributed by atoms with Gasteiger partial charge in [0.2, 0.25) is 0 Å². The molecule has 0 aliphatic rings. The molecule has 0 bridgehead atoms. The lowest BCUT2D eigenvalue weighted by atomic mass is 10.2. The van der Waals surface area contributed by atoms with E-state index < -0.39 is 0 Å². The van der Waals surface area contributed by atoms with Crippen molar-refractivity contribution in [3.05, 3.63) is 0 Å². The maximum atomic E-state index is 8.82. The molecule has 2 nitrogen and oxygen atoms in total. The zero-order chi connectivity index (χ0) is 9.56. The summed E-state index contributed by atoms with van der Waals surface area (Å²) in [6, 6.07) is 0.527. The average molecular weight is 238 g/mol. The highest BCUT2D eigenvalue weighted by Crippen LogP contribution is 2.06.